The molecule has 12 heavy (non-hydrogen) atoms. The van der Waals surface area contributed by atoms with Crippen LogP contribution in [0.5, 0.6) is 0 Å². The van der Waals surface area contributed by atoms with E-state index < -0.39 is 0 Å². The van der Waals surface area contributed by atoms with Crippen LogP contribution in [0.3, 0.4) is 0 Å². The molecule has 0 spiro atoms. The van der Waals surface area contributed by atoms with Crippen molar-refractivity contribution < 1.29 is 4.79 Å². The third kappa shape index (κ3) is 2.38. The maximum absolute atomic E-state index is 11.3. The molecule has 0 aliphatic carbocycles. The van der Waals surface area contributed by atoms with E-state index >= 15 is 0 Å². The minimum Gasteiger partial charge on any atom is -0.352 e. The van der Waals surface area contributed by atoms with Gasteiger partial charge in [-0.05, 0) is 24.6 Å². The van der Waals surface area contributed by atoms with Crippen molar-refractivity contribution in [2.24, 2.45) is 0 Å². The molecule has 2 heteroatoms. The summed E-state index contributed by atoms with van der Waals surface area (Å²) in [5, 5.41) is 2.79. The van der Waals surface area contributed by atoms with Crippen LogP contribution in [0.1, 0.15) is 23.7 Å². The van der Waals surface area contributed by atoms with Gasteiger partial charge in [-0.1, -0.05) is 19.1 Å². The Kier molecular flexibility index (Phi) is 3.33. The molecule has 63 valence electrons. The zero-order valence-electron chi connectivity index (χ0n) is 7.13. The van der Waals surface area contributed by atoms with E-state index in [-0.39, 0.29) is 5.91 Å². The molecule has 2 nitrogen and oxygen atoms in total. The first-order valence-electron chi connectivity index (χ1n) is 4.09. The van der Waals surface area contributed by atoms with Crippen LogP contribution in [0.4, 0.5) is 0 Å². The Morgan fingerprint density at radius 1 is 1.67 bits per heavy atom. The SMILES string of the molecule is CCCNC(=O)c1c[c]ccc1. The van der Waals surface area contributed by atoms with Crippen LogP contribution in [0.2, 0.25) is 0 Å². The lowest BCUT2D eigenvalue weighted by atomic mass is 10.2. The molecule has 0 unspecified atom stereocenters. The second-order valence-corrected chi connectivity index (χ2v) is 2.55. The lowest BCUT2D eigenvalue weighted by Gasteiger charge is -2.01. The van der Waals surface area contributed by atoms with Gasteiger partial charge in [0, 0.05) is 12.1 Å². The van der Waals surface area contributed by atoms with E-state index in [0.29, 0.717) is 5.56 Å². The molecule has 1 amide bonds. The van der Waals surface area contributed by atoms with Gasteiger partial charge >= 0.3 is 0 Å². The van der Waals surface area contributed by atoms with Crippen molar-refractivity contribution in [1.29, 1.82) is 0 Å². The fourth-order valence-electron chi connectivity index (χ4n) is 0.875. The summed E-state index contributed by atoms with van der Waals surface area (Å²) in [4.78, 5) is 11.3. The van der Waals surface area contributed by atoms with Crippen LogP contribution >= 0.6 is 0 Å². The van der Waals surface area contributed by atoms with Crippen molar-refractivity contribution in [3.63, 3.8) is 0 Å². The van der Waals surface area contributed by atoms with E-state index in [1.165, 1.54) is 0 Å². The molecule has 0 saturated heterocycles. The van der Waals surface area contributed by atoms with Gasteiger partial charge in [-0.2, -0.15) is 0 Å². The molecule has 0 fully saturated rings. The zero-order valence-corrected chi connectivity index (χ0v) is 7.13. The van der Waals surface area contributed by atoms with E-state index in [4.69, 9.17) is 0 Å². The zero-order chi connectivity index (χ0) is 8.81. The Balaban J connectivity index is 2.54. The van der Waals surface area contributed by atoms with Crippen LogP contribution < -0.4 is 5.32 Å². The highest BCUT2D eigenvalue weighted by atomic mass is 16.1. The molecular weight excluding hydrogens is 150 g/mol. The van der Waals surface area contributed by atoms with Crippen molar-refractivity contribution in [2.75, 3.05) is 6.54 Å². The van der Waals surface area contributed by atoms with Gasteiger partial charge in [0.2, 0.25) is 0 Å². The Morgan fingerprint density at radius 3 is 3.08 bits per heavy atom. The summed E-state index contributed by atoms with van der Waals surface area (Å²) in [5.41, 5.74) is 0.672. The van der Waals surface area contributed by atoms with Gasteiger partial charge in [0.15, 0.2) is 0 Å². The molecule has 0 saturated carbocycles. The summed E-state index contributed by atoms with van der Waals surface area (Å²) in [7, 11) is 0. The van der Waals surface area contributed by atoms with E-state index in [0.717, 1.165) is 13.0 Å². The normalized spacial score (nSPS) is 9.42. The Labute approximate surface area is 72.6 Å². The molecule has 0 heterocycles. The van der Waals surface area contributed by atoms with E-state index in [2.05, 4.69) is 11.4 Å². The molecule has 1 rings (SSSR count). The van der Waals surface area contributed by atoms with Gasteiger partial charge in [-0.15, -0.1) is 0 Å². The highest BCUT2D eigenvalue weighted by molar-refractivity contribution is 5.93. The minimum atomic E-state index is -0.0197. The number of rotatable bonds is 3. The number of carbonyl (C=O) groups is 1. The van der Waals surface area contributed by atoms with E-state index in [9.17, 15) is 4.79 Å². The van der Waals surface area contributed by atoms with Gasteiger partial charge in [0.05, 0.1) is 0 Å². The van der Waals surface area contributed by atoms with Crippen LogP contribution in [-0.2, 0) is 0 Å². The maximum Gasteiger partial charge on any atom is 0.251 e. The average molecular weight is 162 g/mol. The van der Waals surface area contributed by atoms with E-state index in [1.54, 1.807) is 24.3 Å². The Morgan fingerprint density at radius 2 is 2.50 bits per heavy atom. The molecule has 0 atom stereocenters. The average Bonchev–Trinajstić information content (AvgIpc) is 2.15. The fraction of sp³-hybridized carbons (Fsp3) is 0.300. The maximum atomic E-state index is 11.3. The highest BCUT2D eigenvalue weighted by Crippen LogP contribution is 1.96. The molecule has 1 aromatic carbocycles. The number of carbonyl (C=O) groups excluding carboxylic acids is 1. The smallest absolute Gasteiger partial charge is 0.251 e. The van der Waals surface area contributed by atoms with Crippen molar-refractivity contribution in [2.45, 2.75) is 13.3 Å². The lowest BCUT2D eigenvalue weighted by Crippen LogP contribution is -2.23. The topological polar surface area (TPSA) is 29.1 Å². The Hall–Kier alpha value is -1.31. The van der Waals surface area contributed by atoms with Gasteiger partial charge < -0.3 is 5.32 Å². The summed E-state index contributed by atoms with van der Waals surface area (Å²) in [6.45, 7) is 2.76. The molecule has 1 aromatic rings. The quantitative estimate of drug-likeness (QED) is 0.719. The monoisotopic (exact) mass is 162 g/mol. The highest BCUT2D eigenvalue weighted by Gasteiger charge is 2.00. The van der Waals surface area contributed by atoms with Crippen molar-refractivity contribution in [3.05, 3.63) is 35.9 Å². The largest absolute Gasteiger partial charge is 0.352 e. The molecule has 1 N–H and O–H groups in total. The van der Waals surface area contributed by atoms with E-state index in [1.807, 2.05) is 6.92 Å². The summed E-state index contributed by atoms with van der Waals surface area (Å²) in [5.74, 6) is -0.0197. The van der Waals surface area contributed by atoms with Gasteiger partial charge in [0.25, 0.3) is 5.91 Å². The fourth-order valence-corrected chi connectivity index (χ4v) is 0.875. The first kappa shape index (κ1) is 8.78. The number of nitrogens with one attached hydrogen (secondary N) is 1. The molecule has 0 aliphatic rings. The predicted octanol–water partition coefficient (Wildman–Crippen LogP) is 1.63. The van der Waals surface area contributed by atoms with Crippen LogP contribution in [0.15, 0.2) is 24.3 Å². The van der Waals surface area contributed by atoms with Gasteiger partial charge in [-0.25, -0.2) is 0 Å². The number of hydrogen-bond donors (Lipinski definition) is 1. The van der Waals surface area contributed by atoms with Crippen LogP contribution in [-0.4, -0.2) is 12.5 Å². The molecule has 0 aliphatic heterocycles. The summed E-state index contributed by atoms with van der Waals surface area (Å²) < 4.78 is 0. The summed E-state index contributed by atoms with van der Waals surface area (Å²) in [6.07, 6.45) is 0.961. The lowest BCUT2D eigenvalue weighted by molar-refractivity contribution is 0.0953. The standard InChI is InChI=1S/C10H12NO/c1-2-8-11-10(12)9-6-4-3-5-7-9/h3-4,6-7H,2,8H2,1H3,(H,11,12). The minimum absolute atomic E-state index is 0.0197. The summed E-state index contributed by atoms with van der Waals surface area (Å²) >= 11 is 0. The van der Waals surface area contributed by atoms with Gasteiger partial charge in [-0.3, -0.25) is 4.79 Å². The van der Waals surface area contributed by atoms with Crippen molar-refractivity contribution in [1.82, 2.24) is 5.32 Å². The summed E-state index contributed by atoms with van der Waals surface area (Å²) in [6, 6.07) is 9.90. The van der Waals surface area contributed by atoms with Crippen molar-refractivity contribution >= 4 is 5.91 Å². The second kappa shape index (κ2) is 4.54. The third-order valence-corrected chi connectivity index (χ3v) is 1.50. The first-order valence-corrected chi connectivity index (χ1v) is 4.09. The molecule has 0 bridgehead atoms. The first-order chi connectivity index (χ1) is 5.84. The van der Waals surface area contributed by atoms with Gasteiger partial charge in [0.1, 0.15) is 0 Å². The molecular formula is C10H12NO. The second-order valence-electron chi connectivity index (χ2n) is 2.55. The Bertz CT molecular complexity index is 243. The number of hydrogen-bond acceptors (Lipinski definition) is 1. The molecule has 1 radical (unpaired) electrons. The van der Waals surface area contributed by atoms with Crippen molar-refractivity contribution in [3.8, 4) is 0 Å². The number of amides is 1. The third-order valence-electron chi connectivity index (χ3n) is 1.50. The molecule has 0 aromatic heterocycles. The number of benzene rings is 1. The predicted molar refractivity (Wildman–Crippen MR) is 47.9 cm³/mol. The van der Waals surface area contributed by atoms with Crippen LogP contribution in [0, 0.1) is 6.07 Å². The van der Waals surface area contributed by atoms with Crippen LogP contribution in [0.25, 0.3) is 0 Å².